The number of benzene rings is 2. The van der Waals surface area contributed by atoms with Gasteiger partial charge in [-0.25, -0.2) is 0 Å². The highest BCUT2D eigenvalue weighted by Crippen LogP contribution is 2.17. The fourth-order valence-corrected chi connectivity index (χ4v) is 2.94. The lowest BCUT2D eigenvalue weighted by molar-refractivity contribution is -0.132. The summed E-state index contributed by atoms with van der Waals surface area (Å²) in [6.07, 6.45) is 0.771. The minimum Gasteiger partial charge on any atom is -0.340 e. The van der Waals surface area contributed by atoms with Gasteiger partial charge in [-0.1, -0.05) is 54.1 Å². The maximum absolute atomic E-state index is 12.6. The number of nitrogens with zero attached hydrogens (tertiary/aromatic N) is 1. The van der Waals surface area contributed by atoms with Gasteiger partial charge in [0.25, 0.3) is 0 Å². The van der Waals surface area contributed by atoms with E-state index >= 15 is 0 Å². The molecule has 1 N–H and O–H groups in total. The SMILES string of the molecule is Cc1ccc(CN(C)C(=O)C2Cc3ccccc3CN2)cc1.Cl. The predicted molar refractivity (Wildman–Crippen MR) is 95.7 cm³/mol. The second-order valence-corrected chi connectivity index (χ2v) is 6.09. The molecule has 4 heteroatoms. The van der Waals surface area contributed by atoms with E-state index in [-0.39, 0.29) is 24.4 Å². The molecule has 1 aliphatic rings. The average Bonchev–Trinajstić information content (AvgIpc) is 2.55. The number of hydrogen-bond acceptors (Lipinski definition) is 2. The quantitative estimate of drug-likeness (QED) is 0.938. The molecular weight excluding hydrogens is 308 g/mol. The summed E-state index contributed by atoms with van der Waals surface area (Å²) in [5.74, 6) is 0.162. The molecular formula is C19H23ClN2O. The number of fused-ring (bicyclic) bond motifs is 1. The summed E-state index contributed by atoms with van der Waals surface area (Å²) in [5.41, 5.74) is 4.98. The Hall–Kier alpha value is -1.84. The van der Waals surface area contributed by atoms with Gasteiger partial charge in [0.1, 0.15) is 0 Å². The van der Waals surface area contributed by atoms with Gasteiger partial charge in [-0.3, -0.25) is 4.79 Å². The number of carbonyl (C=O) groups excluding carboxylic acids is 1. The number of amides is 1. The summed E-state index contributed by atoms with van der Waals surface area (Å²) >= 11 is 0. The number of halogens is 1. The van der Waals surface area contributed by atoms with Gasteiger partial charge < -0.3 is 10.2 Å². The van der Waals surface area contributed by atoms with Crippen molar-refractivity contribution < 1.29 is 4.79 Å². The molecule has 122 valence electrons. The maximum atomic E-state index is 12.6. The van der Waals surface area contributed by atoms with E-state index in [4.69, 9.17) is 0 Å². The van der Waals surface area contributed by atoms with Gasteiger partial charge in [-0.05, 0) is 30.0 Å². The van der Waals surface area contributed by atoms with Crippen LogP contribution >= 0.6 is 12.4 Å². The molecule has 0 fully saturated rings. The van der Waals surface area contributed by atoms with Crippen LogP contribution in [-0.4, -0.2) is 23.9 Å². The van der Waals surface area contributed by atoms with Crippen molar-refractivity contribution in [1.82, 2.24) is 10.2 Å². The molecule has 0 spiro atoms. The lowest BCUT2D eigenvalue weighted by atomic mass is 9.95. The number of hydrogen-bond donors (Lipinski definition) is 1. The second kappa shape index (κ2) is 7.62. The molecule has 0 radical (unpaired) electrons. The highest BCUT2D eigenvalue weighted by molar-refractivity contribution is 5.85. The Balaban J connectivity index is 0.00000192. The Morgan fingerprint density at radius 1 is 1.13 bits per heavy atom. The molecule has 0 saturated carbocycles. The van der Waals surface area contributed by atoms with Crippen molar-refractivity contribution in [2.75, 3.05) is 7.05 Å². The highest BCUT2D eigenvalue weighted by atomic mass is 35.5. The summed E-state index contributed by atoms with van der Waals surface area (Å²) in [4.78, 5) is 14.5. The van der Waals surface area contributed by atoms with Crippen molar-refractivity contribution in [3.05, 3.63) is 70.8 Å². The molecule has 1 unspecified atom stereocenters. The van der Waals surface area contributed by atoms with Crippen LogP contribution in [0.3, 0.4) is 0 Å². The molecule has 1 aliphatic heterocycles. The number of carbonyl (C=O) groups is 1. The van der Waals surface area contributed by atoms with Gasteiger partial charge in [-0.2, -0.15) is 0 Å². The average molecular weight is 331 g/mol. The third-order valence-electron chi connectivity index (χ3n) is 4.30. The van der Waals surface area contributed by atoms with Crippen LogP contribution in [0.25, 0.3) is 0 Å². The first-order chi connectivity index (χ1) is 10.6. The first-order valence-corrected chi connectivity index (χ1v) is 7.74. The Morgan fingerprint density at radius 3 is 2.48 bits per heavy atom. The lowest BCUT2D eigenvalue weighted by Crippen LogP contribution is -2.48. The van der Waals surface area contributed by atoms with Gasteiger partial charge in [0.2, 0.25) is 5.91 Å². The predicted octanol–water partition coefficient (Wildman–Crippen LogP) is 3.09. The molecule has 1 heterocycles. The van der Waals surface area contributed by atoms with Crippen molar-refractivity contribution in [2.24, 2.45) is 0 Å². The van der Waals surface area contributed by atoms with Crippen molar-refractivity contribution in [3.63, 3.8) is 0 Å². The van der Waals surface area contributed by atoms with Crippen LogP contribution in [0.15, 0.2) is 48.5 Å². The van der Waals surface area contributed by atoms with E-state index in [1.165, 1.54) is 16.7 Å². The minimum atomic E-state index is -0.120. The summed E-state index contributed by atoms with van der Waals surface area (Å²) in [6.45, 7) is 3.49. The summed E-state index contributed by atoms with van der Waals surface area (Å²) in [7, 11) is 1.88. The number of nitrogens with one attached hydrogen (secondary N) is 1. The minimum absolute atomic E-state index is 0. The fourth-order valence-electron chi connectivity index (χ4n) is 2.94. The van der Waals surface area contributed by atoms with Crippen LogP contribution in [0, 0.1) is 6.92 Å². The first kappa shape index (κ1) is 17.5. The molecule has 2 aromatic rings. The fraction of sp³-hybridized carbons (Fsp3) is 0.316. The molecule has 23 heavy (non-hydrogen) atoms. The van der Waals surface area contributed by atoms with E-state index in [2.05, 4.69) is 48.6 Å². The highest BCUT2D eigenvalue weighted by Gasteiger charge is 2.26. The Kier molecular flexibility index (Phi) is 5.80. The smallest absolute Gasteiger partial charge is 0.240 e. The lowest BCUT2D eigenvalue weighted by Gasteiger charge is -2.29. The van der Waals surface area contributed by atoms with Crippen molar-refractivity contribution in [2.45, 2.75) is 32.5 Å². The van der Waals surface area contributed by atoms with Crippen LogP contribution < -0.4 is 5.32 Å². The molecule has 0 saturated heterocycles. The molecule has 1 amide bonds. The maximum Gasteiger partial charge on any atom is 0.240 e. The third-order valence-corrected chi connectivity index (χ3v) is 4.30. The van der Waals surface area contributed by atoms with Gasteiger partial charge in [-0.15, -0.1) is 12.4 Å². The van der Waals surface area contributed by atoms with E-state index in [1.807, 2.05) is 24.1 Å². The summed E-state index contributed by atoms with van der Waals surface area (Å²) < 4.78 is 0. The third kappa shape index (κ3) is 4.12. The molecule has 0 aliphatic carbocycles. The molecule has 2 aromatic carbocycles. The molecule has 3 nitrogen and oxygen atoms in total. The Labute approximate surface area is 144 Å². The van der Waals surface area contributed by atoms with E-state index < -0.39 is 0 Å². The van der Waals surface area contributed by atoms with E-state index in [0.29, 0.717) is 6.54 Å². The Morgan fingerprint density at radius 2 is 1.78 bits per heavy atom. The molecule has 1 atom stereocenters. The normalized spacial score (nSPS) is 16.2. The van der Waals surface area contributed by atoms with Crippen LogP contribution in [0.4, 0.5) is 0 Å². The second-order valence-electron chi connectivity index (χ2n) is 6.09. The zero-order chi connectivity index (χ0) is 15.5. The van der Waals surface area contributed by atoms with Gasteiger partial charge in [0.15, 0.2) is 0 Å². The molecule has 3 rings (SSSR count). The van der Waals surface area contributed by atoms with Gasteiger partial charge in [0, 0.05) is 20.1 Å². The van der Waals surface area contributed by atoms with E-state index in [9.17, 15) is 4.79 Å². The first-order valence-electron chi connectivity index (χ1n) is 7.74. The van der Waals surface area contributed by atoms with Crippen LogP contribution in [0.2, 0.25) is 0 Å². The molecule has 0 bridgehead atoms. The van der Waals surface area contributed by atoms with Gasteiger partial charge in [0.05, 0.1) is 6.04 Å². The van der Waals surface area contributed by atoms with Crippen LogP contribution in [-0.2, 0) is 24.3 Å². The summed E-state index contributed by atoms with van der Waals surface area (Å²) in [6, 6.07) is 16.6. The van der Waals surface area contributed by atoms with Crippen molar-refractivity contribution >= 4 is 18.3 Å². The standard InChI is InChI=1S/C19H22N2O.ClH/c1-14-7-9-15(10-8-14)13-21(2)19(22)18-11-16-5-3-4-6-17(16)12-20-18;/h3-10,18,20H,11-13H2,1-2H3;1H. The van der Waals surface area contributed by atoms with Crippen LogP contribution in [0.1, 0.15) is 22.3 Å². The number of rotatable bonds is 3. The van der Waals surface area contributed by atoms with Gasteiger partial charge >= 0.3 is 0 Å². The zero-order valence-corrected chi connectivity index (χ0v) is 14.4. The monoisotopic (exact) mass is 330 g/mol. The van der Waals surface area contributed by atoms with E-state index in [0.717, 1.165) is 18.5 Å². The summed E-state index contributed by atoms with van der Waals surface area (Å²) in [5, 5.41) is 3.36. The van der Waals surface area contributed by atoms with Crippen molar-refractivity contribution in [1.29, 1.82) is 0 Å². The van der Waals surface area contributed by atoms with Crippen molar-refractivity contribution in [3.8, 4) is 0 Å². The largest absolute Gasteiger partial charge is 0.340 e. The number of aryl methyl sites for hydroxylation is 1. The van der Waals surface area contributed by atoms with Crippen LogP contribution in [0.5, 0.6) is 0 Å². The van der Waals surface area contributed by atoms with E-state index in [1.54, 1.807) is 0 Å². The Bertz CT molecular complexity index is 669. The number of likely N-dealkylation sites (N-methyl/N-ethyl adjacent to an activating group) is 1. The molecule has 0 aromatic heterocycles. The topological polar surface area (TPSA) is 32.3 Å². The zero-order valence-electron chi connectivity index (χ0n) is 13.6.